The van der Waals surface area contributed by atoms with Crippen LogP contribution in [0.3, 0.4) is 0 Å². The van der Waals surface area contributed by atoms with E-state index in [1.165, 1.54) is 23.3 Å². The predicted octanol–water partition coefficient (Wildman–Crippen LogP) is 2.91. The van der Waals surface area contributed by atoms with Crippen LogP contribution in [0.2, 0.25) is 0 Å². The second kappa shape index (κ2) is 8.32. The average molecular weight is 355 g/mol. The molecule has 0 aliphatic carbocycles. The number of nitrogens with zero attached hydrogens (tertiary/aromatic N) is 3. The summed E-state index contributed by atoms with van der Waals surface area (Å²) in [5.41, 5.74) is 3.51. The molecule has 26 heavy (non-hydrogen) atoms. The lowest BCUT2D eigenvalue weighted by atomic mass is 10.1. The minimum atomic E-state index is -0.223. The minimum Gasteiger partial charge on any atom is -0.368 e. The van der Waals surface area contributed by atoms with Gasteiger partial charge in [0.2, 0.25) is 5.91 Å². The van der Waals surface area contributed by atoms with Gasteiger partial charge < -0.3 is 9.80 Å². The van der Waals surface area contributed by atoms with Crippen molar-refractivity contribution < 1.29 is 9.18 Å². The smallest absolute Gasteiger partial charge is 0.236 e. The molecule has 2 aromatic rings. The second-order valence-corrected chi connectivity index (χ2v) is 6.94. The number of piperazine rings is 1. The molecule has 0 saturated carbocycles. The first kappa shape index (κ1) is 18.4. The lowest BCUT2D eigenvalue weighted by Crippen LogP contribution is -2.51. The third kappa shape index (κ3) is 4.61. The number of anilines is 1. The molecule has 1 amide bonds. The molecule has 138 valence electrons. The Balaban J connectivity index is 1.49. The van der Waals surface area contributed by atoms with Crippen molar-refractivity contribution >= 4 is 11.6 Å². The van der Waals surface area contributed by atoms with Gasteiger partial charge in [0.25, 0.3) is 0 Å². The molecule has 2 aromatic carbocycles. The standard InChI is InChI=1S/C21H26FN3O/c1-17-5-3-4-6-18(17)15-23(2)16-21(26)25-13-11-24(12-14-25)20-9-7-19(22)8-10-20/h3-10H,11-16H2,1-2H3. The van der Waals surface area contributed by atoms with E-state index in [1.807, 2.05) is 24.1 Å². The molecule has 3 rings (SSSR count). The van der Waals surface area contributed by atoms with Crippen LogP contribution in [-0.2, 0) is 11.3 Å². The zero-order chi connectivity index (χ0) is 18.5. The van der Waals surface area contributed by atoms with Gasteiger partial charge in [0.15, 0.2) is 0 Å². The number of likely N-dealkylation sites (N-methyl/N-ethyl adjacent to an activating group) is 1. The highest BCUT2D eigenvalue weighted by atomic mass is 19.1. The molecule has 0 aromatic heterocycles. The van der Waals surface area contributed by atoms with Crippen molar-refractivity contribution in [1.82, 2.24) is 9.80 Å². The van der Waals surface area contributed by atoms with Crippen LogP contribution in [0.25, 0.3) is 0 Å². The van der Waals surface area contributed by atoms with E-state index in [0.29, 0.717) is 19.6 Å². The van der Waals surface area contributed by atoms with Crippen molar-refractivity contribution in [2.75, 3.05) is 44.7 Å². The lowest BCUT2D eigenvalue weighted by molar-refractivity contribution is -0.132. The van der Waals surface area contributed by atoms with Crippen LogP contribution in [0.1, 0.15) is 11.1 Å². The molecule has 1 fully saturated rings. The van der Waals surface area contributed by atoms with E-state index >= 15 is 0 Å². The van der Waals surface area contributed by atoms with Crippen molar-refractivity contribution in [1.29, 1.82) is 0 Å². The Morgan fingerprint density at radius 1 is 1.04 bits per heavy atom. The van der Waals surface area contributed by atoms with Gasteiger partial charge in [0.1, 0.15) is 5.82 Å². The molecule has 0 radical (unpaired) electrons. The first-order chi connectivity index (χ1) is 12.5. The van der Waals surface area contributed by atoms with E-state index in [1.54, 1.807) is 12.1 Å². The largest absolute Gasteiger partial charge is 0.368 e. The second-order valence-electron chi connectivity index (χ2n) is 6.94. The Labute approximate surface area is 154 Å². The van der Waals surface area contributed by atoms with E-state index in [0.717, 1.165) is 25.3 Å². The third-order valence-electron chi connectivity index (χ3n) is 4.93. The summed E-state index contributed by atoms with van der Waals surface area (Å²) in [7, 11) is 1.99. The Morgan fingerprint density at radius 2 is 1.69 bits per heavy atom. The quantitative estimate of drug-likeness (QED) is 0.825. The molecule has 1 saturated heterocycles. The maximum Gasteiger partial charge on any atom is 0.236 e. The number of carbonyl (C=O) groups is 1. The van der Waals surface area contributed by atoms with Crippen LogP contribution in [0.15, 0.2) is 48.5 Å². The number of carbonyl (C=O) groups excluding carboxylic acids is 1. The van der Waals surface area contributed by atoms with Gasteiger partial charge in [-0.25, -0.2) is 4.39 Å². The van der Waals surface area contributed by atoms with Gasteiger partial charge in [-0.3, -0.25) is 9.69 Å². The van der Waals surface area contributed by atoms with Crippen LogP contribution in [-0.4, -0.2) is 55.5 Å². The number of hydrogen-bond donors (Lipinski definition) is 0. The number of hydrogen-bond acceptors (Lipinski definition) is 3. The summed E-state index contributed by atoms with van der Waals surface area (Å²) in [5, 5.41) is 0. The van der Waals surface area contributed by atoms with Crippen LogP contribution < -0.4 is 4.90 Å². The topological polar surface area (TPSA) is 26.8 Å². The van der Waals surface area contributed by atoms with Gasteiger partial charge in [-0.2, -0.15) is 0 Å². The van der Waals surface area contributed by atoms with Crippen molar-refractivity contribution in [3.8, 4) is 0 Å². The number of aryl methyl sites for hydroxylation is 1. The normalized spacial score (nSPS) is 14.8. The van der Waals surface area contributed by atoms with Gasteiger partial charge in [-0.1, -0.05) is 24.3 Å². The molecule has 4 nitrogen and oxygen atoms in total. The van der Waals surface area contributed by atoms with Crippen LogP contribution in [0, 0.1) is 12.7 Å². The van der Waals surface area contributed by atoms with Crippen molar-refractivity contribution in [2.24, 2.45) is 0 Å². The van der Waals surface area contributed by atoms with Gasteiger partial charge in [-0.05, 0) is 49.4 Å². The molecule has 5 heteroatoms. The fourth-order valence-electron chi connectivity index (χ4n) is 3.33. The zero-order valence-electron chi connectivity index (χ0n) is 15.5. The molecule has 0 spiro atoms. The summed E-state index contributed by atoms with van der Waals surface area (Å²) in [5.74, 6) is -0.0564. The van der Waals surface area contributed by atoms with Crippen molar-refractivity contribution in [3.05, 3.63) is 65.5 Å². The highest BCUT2D eigenvalue weighted by Gasteiger charge is 2.22. The van der Waals surface area contributed by atoms with Gasteiger partial charge >= 0.3 is 0 Å². The SMILES string of the molecule is Cc1ccccc1CN(C)CC(=O)N1CCN(c2ccc(F)cc2)CC1. The van der Waals surface area contributed by atoms with Crippen molar-refractivity contribution in [2.45, 2.75) is 13.5 Å². The van der Waals surface area contributed by atoms with E-state index < -0.39 is 0 Å². The molecular weight excluding hydrogens is 329 g/mol. The van der Waals surface area contributed by atoms with E-state index in [2.05, 4.69) is 28.9 Å². The number of amides is 1. The summed E-state index contributed by atoms with van der Waals surface area (Å²) in [6.07, 6.45) is 0. The molecular formula is C21H26FN3O. The highest BCUT2D eigenvalue weighted by molar-refractivity contribution is 5.78. The van der Waals surface area contributed by atoms with E-state index in [-0.39, 0.29) is 11.7 Å². The van der Waals surface area contributed by atoms with Gasteiger partial charge in [0.05, 0.1) is 6.54 Å². The molecule has 0 N–H and O–H groups in total. The van der Waals surface area contributed by atoms with Crippen LogP contribution in [0.4, 0.5) is 10.1 Å². The van der Waals surface area contributed by atoms with Crippen LogP contribution in [0.5, 0.6) is 0 Å². The Morgan fingerprint density at radius 3 is 2.35 bits per heavy atom. The molecule has 0 atom stereocenters. The number of benzene rings is 2. The lowest BCUT2D eigenvalue weighted by Gasteiger charge is -2.36. The Bertz CT molecular complexity index is 739. The monoisotopic (exact) mass is 355 g/mol. The molecule has 1 aliphatic rings. The third-order valence-corrected chi connectivity index (χ3v) is 4.93. The summed E-state index contributed by atoms with van der Waals surface area (Å²) >= 11 is 0. The molecule has 1 heterocycles. The Kier molecular flexibility index (Phi) is 5.89. The molecule has 0 unspecified atom stereocenters. The van der Waals surface area contributed by atoms with Crippen molar-refractivity contribution in [3.63, 3.8) is 0 Å². The average Bonchev–Trinajstić information content (AvgIpc) is 2.64. The first-order valence-electron chi connectivity index (χ1n) is 9.04. The molecule has 1 aliphatic heterocycles. The van der Waals surface area contributed by atoms with Gasteiger partial charge in [-0.15, -0.1) is 0 Å². The zero-order valence-corrected chi connectivity index (χ0v) is 15.5. The first-order valence-corrected chi connectivity index (χ1v) is 9.04. The van der Waals surface area contributed by atoms with E-state index in [9.17, 15) is 9.18 Å². The predicted molar refractivity (Wildman–Crippen MR) is 103 cm³/mol. The maximum absolute atomic E-state index is 13.0. The highest BCUT2D eigenvalue weighted by Crippen LogP contribution is 2.17. The van der Waals surface area contributed by atoms with E-state index in [4.69, 9.17) is 0 Å². The van der Waals surface area contributed by atoms with Crippen LogP contribution >= 0.6 is 0 Å². The fraction of sp³-hybridized carbons (Fsp3) is 0.381. The number of rotatable bonds is 5. The summed E-state index contributed by atoms with van der Waals surface area (Å²) in [6, 6.07) is 14.8. The fourth-order valence-corrected chi connectivity index (χ4v) is 3.33. The number of halogens is 1. The molecule has 0 bridgehead atoms. The Hall–Kier alpha value is -2.40. The summed E-state index contributed by atoms with van der Waals surface area (Å²) < 4.78 is 13.0. The maximum atomic E-state index is 13.0. The van der Waals surface area contributed by atoms with Gasteiger partial charge in [0, 0.05) is 38.4 Å². The minimum absolute atomic E-state index is 0.167. The summed E-state index contributed by atoms with van der Waals surface area (Å²) in [6.45, 7) is 6.25. The summed E-state index contributed by atoms with van der Waals surface area (Å²) in [4.78, 5) is 18.8.